The first-order valence-electron chi connectivity index (χ1n) is 10.0. The lowest BCUT2D eigenvalue weighted by atomic mass is 10.0. The molecule has 1 fully saturated rings. The zero-order chi connectivity index (χ0) is 22.0. The summed E-state index contributed by atoms with van der Waals surface area (Å²) in [5.74, 6) is -1.65. The molecule has 166 valence electrons. The Morgan fingerprint density at radius 3 is 2.24 bits per heavy atom. The lowest BCUT2D eigenvalue weighted by molar-refractivity contribution is -0.142. The number of hydrogen-bond acceptors (Lipinski definition) is 6. The van der Waals surface area contributed by atoms with Gasteiger partial charge in [0.25, 0.3) is 0 Å². The van der Waals surface area contributed by atoms with Crippen LogP contribution < -0.4 is 21.3 Å². The van der Waals surface area contributed by atoms with Crippen molar-refractivity contribution in [2.45, 2.75) is 70.6 Å². The molecule has 5 N–H and O–H groups in total. The molecule has 0 spiro atoms. The number of hydrogen-bond donors (Lipinski definition) is 5. The smallest absolute Gasteiger partial charge is 0.326 e. The number of carboxylic acid groups (broad SMARTS) is 1. The van der Waals surface area contributed by atoms with Gasteiger partial charge in [0.15, 0.2) is 0 Å². The second-order valence-corrected chi connectivity index (χ2v) is 8.74. The number of aliphatic carboxylic acids is 1. The van der Waals surface area contributed by atoms with Gasteiger partial charge in [-0.05, 0) is 57.1 Å². The molecule has 0 aromatic rings. The molecule has 4 unspecified atom stereocenters. The average Bonchev–Trinajstić information content (AvgIpc) is 3.18. The Kier molecular flexibility index (Phi) is 11.0. The fourth-order valence-corrected chi connectivity index (χ4v) is 3.52. The highest BCUT2D eigenvalue weighted by Gasteiger charge is 2.30. The van der Waals surface area contributed by atoms with E-state index in [4.69, 9.17) is 0 Å². The highest BCUT2D eigenvalue weighted by molar-refractivity contribution is 7.98. The minimum atomic E-state index is -1.10. The Morgan fingerprint density at radius 2 is 1.72 bits per heavy atom. The van der Waals surface area contributed by atoms with Crippen LogP contribution in [0.25, 0.3) is 0 Å². The van der Waals surface area contributed by atoms with Crippen LogP contribution in [-0.2, 0) is 19.2 Å². The van der Waals surface area contributed by atoms with Crippen molar-refractivity contribution in [1.29, 1.82) is 0 Å². The highest BCUT2D eigenvalue weighted by atomic mass is 32.2. The van der Waals surface area contributed by atoms with E-state index in [2.05, 4.69) is 21.3 Å². The van der Waals surface area contributed by atoms with Crippen molar-refractivity contribution in [2.24, 2.45) is 5.92 Å². The van der Waals surface area contributed by atoms with E-state index in [0.29, 0.717) is 18.6 Å². The summed E-state index contributed by atoms with van der Waals surface area (Å²) in [5.41, 5.74) is 0. The topological polar surface area (TPSA) is 137 Å². The fraction of sp³-hybridized carbons (Fsp3) is 0.789. The zero-order valence-corrected chi connectivity index (χ0v) is 18.4. The van der Waals surface area contributed by atoms with E-state index in [1.807, 2.05) is 20.1 Å². The van der Waals surface area contributed by atoms with Crippen LogP contribution in [0.5, 0.6) is 0 Å². The maximum Gasteiger partial charge on any atom is 0.326 e. The van der Waals surface area contributed by atoms with Crippen molar-refractivity contribution in [3.05, 3.63) is 0 Å². The molecular formula is C19H34N4O5S. The van der Waals surface area contributed by atoms with Crippen molar-refractivity contribution >= 4 is 35.5 Å². The van der Waals surface area contributed by atoms with Crippen molar-refractivity contribution in [2.75, 3.05) is 18.6 Å². The normalized spacial score (nSPS) is 19.3. The molecule has 0 aromatic heterocycles. The number of carboxylic acids is 1. The molecule has 1 aliphatic heterocycles. The van der Waals surface area contributed by atoms with E-state index in [1.54, 1.807) is 6.92 Å². The Bertz CT molecular complexity index is 581. The summed E-state index contributed by atoms with van der Waals surface area (Å²) < 4.78 is 0. The van der Waals surface area contributed by atoms with Gasteiger partial charge < -0.3 is 26.4 Å². The van der Waals surface area contributed by atoms with Crippen LogP contribution in [0.15, 0.2) is 0 Å². The predicted octanol–water partition coefficient (Wildman–Crippen LogP) is 0.0965. The Morgan fingerprint density at radius 1 is 1.07 bits per heavy atom. The molecule has 0 radical (unpaired) electrons. The van der Waals surface area contributed by atoms with Gasteiger partial charge in [0.2, 0.25) is 17.7 Å². The van der Waals surface area contributed by atoms with E-state index in [0.717, 1.165) is 19.4 Å². The Hall–Kier alpha value is -1.81. The van der Waals surface area contributed by atoms with Gasteiger partial charge in [0.1, 0.15) is 18.1 Å². The molecule has 0 bridgehead atoms. The number of amides is 3. The first-order chi connectivity index (χ1) is 13.6. The molecule has 1 rings (SSSR count). The summed E-state index contributed by atoms with van der Waals surface area (Å²) in [5, 5.41) is 20.2. The molecule has 3 amide bonds. The van der Waals surface area contributed by atoms with Crippen LogP contribution in [0.2, 0.25) is 0 Å². The first kappa shape index (κ1) is 25.2. The van der Waals surface area contributed by atoms with Gasteiger partial charge in [-0.3, -0.25) is 14.4 Å². The highest BCUT2D eigenvalue weighted by Crippen LogP contribution is 2.08. The summed E-state index contributed by atoms with van der Waals surface area (Å²) in [6.07, 6.45) is 4.16. The molecular weight excluding hydrogens is 396 g/mol. The van der Waals surface area contributed by atoms with E-state index in [1.165, 1.54) is 11.8 Å². The minimum absolute atomic E-state index is 0.105. The van der Waals surface area contributed by atoms with Crippen LogP contribution in [0.3, 0.4) is 0 Å². The number of nitrogens with one attached hydrogen (secondary N) is 4. The molecule has 1 heterocycles. The van der Waals surface area contributed by atoms with Crippen LogP contribution >= 0.6 is 11.8 Å². The second kappa shape index (κ2) is 12.7. The fourth-order valence-electron chi connectivity index (χ4n) is 3.05. The third kappa shape index (κ3) is 9.03. The summed E-state index contributed by atoms with van der Waals surface area (Å²) in [6.45, 7) is 6.15. The van der Waals surface area contributed by atoms with Crippen molar-refractivity contribution < 1.29 is 24.3 Å². The standard InChI is InChI=1S/C19H34N4O5S/c1-11(2)10-15(18(26)22-14(19(27)28)7-9-29-4)23-16(24)12(3)21-17(25)13-6-5-8-20-13/h11-15,20H,5-10H2,1-4H3,(H,21,25)(H,22,26)(H,23,24)(H,27,28). The molecule has 1 saturated heterocycles. The summed E-state index contributed by atoms with van der Waals surface area (Å²) in [7, 11) is 0. The van der Waals surface area contributed by atoms with Gasteiger partial charge in [-0.15, -0.1) is 0 Å². The van der Waals surface area contributed by atoms with Crippen LogP contribution in [0.1, 0.15) is 46.5 Å². The molecule has 9 nitrogen and oxygen atoms in total. The van der Waals surface area contributed by atoms with Crippen LogP contribution in [0, 0.1) is 5.92 Å². The largest absolute Gasteiger partial charge is 0.480 e. The quantitative estimate of drug-likeness (QED) is 0.296. The molecule has 29 heavy (non-hydrogen) atoms. The molecule has 0 aromatic carbocycles. The molecule has 0 aliphatic carbocycles. The van der Waals surface area contributed by atoms with Gasteiger partial charge in [-0.1, -0.05) is 13.8 Å². The molecule has 10 heteroatoms. The zero-order valence-electron chi connectivity index (χ0n) is 17.6. The predicted molar refractivity (Wildman–Crippen MR) is 113 cm³/mol. The second-order valence-electron chi connectivity index (χ2n) is 7.75. The molecule has 4 atom stereocenters. The van der Waals surface area contributed by atoms with Gasteiger partial charge in [-0.25, -0.2) is 4.79 Å². The first-order valence-corrected chi connectivity index (χ1v) is 11.4. The maximum atomic E-state index is 12.7. The Balaban J connectivity index is 2.69. The lowest BCUT2D eigenvalue weighted by Gasteiger charge is -2.24. The van der Waals surface area contributed by atoms with Crippen molar-refractivity contribution in [3.63, 3.8) is 0 Å². The van der Waals surface area contributed by atoms with Gasteiger partial charge in [-0.2, -0.15) is 11.8 Å². The summed E-state index contributed by atoms with van der Waals surface area (Å²) in [4.78, 5) is 48.8. The minimum Gasteiger partial charge on any atom is -0.480 e. The van der Waals surface area contributed by atoms with E-state index < -0.39 is 35.9 Å². The molecule has 0 saturated carbocycles. The number of carbonyl (C=O) groups is 4. The third-order valence-electron chi connectivity index (χ3n) is 4.69. The lowest BCUT2D eigenvalue weighted by Crippen LogP contribution is -2.56. The van der Waals surface area contributed by atoms with E-state index >= 15 is 0 Å². The molecule has 1 aliphatic rings. The maximum absolute atomic E-state index is 12.7. The van der Waals surface area contributed by atoms with Crippen LogP contribution in [0.4, 0.5) is 0 Å². The van der Waals surface area contributed by atoms with Crippen molar-refractivity contribution in [1.82, 2.24) is 21.3 Å². The SMILES string of the molecule is CSCCC(NC(=O)C(CC(C)C)NC(=O)C(C)NC(=O)C1CCCN1)C(=O)O. The monoisotopic (exact) mass is 430 g/mol. The average molecular weight is 431 g/mol. The summed E-state index contributed by atoms with van der Waals surface area (Å²) >= 11 is 1.49. The van der Waals surface area contributed by atoms with Gasteiger partial charge in [0.05, 0.1) is 6.04 Å². The third-order valence-corrected chi connectivity index (χ3v) is 5.34. The van der Waals surface area contributed by atoms with Crippen molar-refractivity contribution in [3.8, 4) is 0 Å². The summed E-state index contributed by atoms with van der Waals surface area (Å²) in [6, 6.07) is -2.98. The number of rotatable bonds is 12. The van der Waals surface area contributed by atoms with Gasteiger partial charge in [0, 0.05) is 0 Å². The van der Waals surface area contributed by atoms with E-state index in [9.17, 15) is 24.3 Å². The van der Waals surface area contributed by atoms with Gasteiger partial charge >= 0.3 is 5.97 Å². The number of thioether (sulfide) groups is 1. The Labute approximate surface area is 176 Å². The van der Waals surface area contributed by atoms with Crippen LogP contribution in [-0.4, -0.2) is 71.5 Å². The van der Waals surface area contributed by atoms with E-state index in [-0.39, 0.29) is 17.9 Å². The number of carbonyl (C=O) groups excluding carboxylic acids is 3.